The Morgan fingerprint density at radius 3 is 1.90 bits per heavy atom. The summed E-state index contributed by atoms with van der Waals surface area (Å²) in [6, 6.07) is 29.5. The van der Waals surface area contributed by atoms with E-state index in [1.807, 2.05) is 78.9 Å². The summed E-state index contributed by atoms with van der Waals surface area (Å²) in [4.78, 5) is 25.2. The van der Waals surface area contributed by atoms with Crippen molar-refractivity contribution in [2.24, 2.45) is 0 Å². The number of ether oxygens (including phenoxy) is 2. The molecule has 2 aliphatic rings. The van der Waals surface area contributed by atoms with Crippen LogP contribution in [-0.4, -0.2) is 46.4 Å². The van der Waals surface area contributed by atoms with Gasteiger partial charge in [0, 0.05) is 58.8 Å². The van der Waals surface area contributed by atoms with Gasteiger partial charge in [0.25, 0.3) is 11.4 Å². The van der Waals surface area contributed by atoms with Crippen molar-refractivity contribution in [1.29, 1.82) is 0 Å². The molecule has 0 fully saturated rings. The summed E-state index contributed by atoms with van der Waals surface area (Å²) in [5, 5.41) is 23.7. The predicted octanol–water partition coefficient (Wildman–Crippen LogP) is 9.06. The maximum Gasteiger partial charge on any atom is 0.270 e. The largest absolute Gasteiger partial charge is 0.492 e. The van der Waals surface area contributed by atoms with Crippen LogP contribution in [0.2, 0.25) is 0 Å². The minimum Gasteiger partial charge on any atom is -0.492 e. The lowest BCUT2D eigenvalue weighted by Crippen LogP contribution is -2.32. The second-order valence-corrected chi connectivity index (χ2v) is 13.2. The van der Waals surface area contributed by atoms with Crippen molar-refractivity contribution in [3.8, 4) is 11.5 Å². The normalized spacial score (nSPS) is 20.2. The number of rotatable bonds is 14. The summed E-state index contributed by atoms with van der Waals surface area (Å²) in [6.45, 7) is 10.4. The quantitative estimate of drug-likeness (QED) is 0.0739. The highest BCUT2D eigenvalue weighted by Gasteiger charge is 2.48. The molecular formula is C41H43N4O6+. The van der Waals surface area contributed by atoms with E-state index in [0.717, 1.165) is 58.3 Å². The first kappa shape index (κ1) is 35.1. The Kier molecular flexibility index (Phi) is 10.0. The maximum atomic E-state index is 11.8. The third kappa shape index (κ3) is 6.73. The van der Waals surface area contributed by atoms with Crippen LogP contribution in [0.4, 0.5) is 22.7 Å². The van der Waals surface area contributed by atoms with Gasteiger partial charge in [-0.05, 0) is 68.7 Å². The van der Waals surface area contributed by atoms with Crippen molar-refractivity contribution in [2.75, 3.05) is 31.2 Å². The molecule has 262 valence electrons. The molecule has 2 heterocycles. The van der Waals surface area contributed by atoms with Gasteiger partial charge in [-0.25, -0.2) is 0 Å². The fourth-order valence-corrected chi connectivity index (χ4v) is 7.31. The molecule has 2 aliphatic heterocycles. The third-order valence-electron chi connectivity index (χ3n) is 10.4. The molecule has 2 unspecified atom stereocenters. The molecule has 10 heteroatoms. The molecular weight excluding hydrogens is 644 g/mol. The Balaban J connectivity index is 1.40. The number of non-ortho nitro benzene ring substituents is 2. The van der Waals surface area contributed by atoms with E-state index in [0.29, 0.717) is 26.3 Å². The van der Waals surface area contributed by atoms with Crippen LogP contribution in [0.5, 0.6) is 11.5 Å². The number of para-hydroxylation sites is 2. The van der Waals surface area contributed by atoms with E-state index in [-0.39, 0.29) is 21.2 Å². The molecule has 0 saturated heterocycles. The third-order valence-corrected chi connectivity index (χ3v) is 10.4. The van der Waals surface area contributed by atoms with Gasteiger partial charge in [-0.2, -0.15) is 4.58 Å². The predicted molar refractivity (Wildman–Crippen MR) is 200 cm³/mol. The lowest BCUT2D eigenvalue weighted by Gasteiger charge is -2.29. The summed E-state index contributed by atoms with van der Waals surface area (Å²) >= 11 is 0. The second kappa shape index (κ2) is 14.6. The smallest absolute Gasteiger partial charge is 0.270 e. The summed E-state index contributed by atoms with van der Waals surface area (Å²) in [7, 11) is 0. The van der Waals surface area contributed by atoms with Gasteiger partial charge in [0.2, 0.25) is 5.69 Å². The molecule has 0 bridgehead atoms. The van der Waals surface area contributed by atoms with Gasteiger partial charge in [0.15, 0.2) is 12.3 Å². The first-order valence-corrected chi connectivity index (χ1v) is 17.4. The number of hydrogen-bond donors (Lipinski definition) is 0. The topological polar surface area (TPSA) is 111 Å². The van der Waals surface area contributed by atoms with Crippen LogP contribution in [0.25, 0.3) is 0 Å². The van der Waals surface area contributed by atoms with Gasteiger partial charge in [-0.3, -0.25) is 20.2 Å². The first-order chi connectivity index (χ1) is 24.6. The summed E-state index contributed by atoms with van der Waals surface area (Å²) in [5.41, 5.74) is 4.81. The number of fused-ring (bicyclic) bond motifs is 2. The van der Waals surface area contributed by atoms with Crippen LogP contribution in [0.1, 0.15) is 51.7 Å². The van der Waals surface area contributed by atoms with Crippen LogP contribution in [-0.2, 0) is 10.8 Å². The van der Waals surface area contributed by atoms with Crippen molar-refractivity contribution in [3.05, 3.63) is 152 Å². The van der Waals surface area contributed by atoms with Crippen molar-refractivity contribution >= 4 is 28.5 Å². The molecule has 0 radical (unpaired) electrons. The summed E-state index contributed by atoms with van der Waals surface area (Å²) in [5.74, 6) is 1.55. The zero-order valence-electron chi connectivity index (χ0n) is 29.5. The lowest BCUT2D eigenvalue weighted by molar-refractivity contribution is -0.440. The molecule has 0 amide bonds. The number of benzene rings is 4. The average molecular weight is 688 g/mol. The van der Waals surface area contributed by atoms with Gasteiger partial charge >= 0.3 is 0 Å². The number of nitro benzene ring substituents is 2. The highest BCUT2D eigenvalue weighted by Crippen LogP contribution is 2.51. The van der Waals surface area contributed by atoms with E-state index >= 15 is 0 Å². The van der Waals surface area contributed by atoms with Gasteiger partial charge in [0.1, 0.15) is 24.7 Å². The van der Waals surface area contributed by atoms with Crippen LogP contribution in [0.3, 0.4) is 0 Å². The summed E-state index contributed by atoms with van der Waals surface area (Å²) < 4.78 is 14.4. The Morgan fingerprint density at radius 1 is 0.745 bits per heavy atom. The van der Waals surface area contributed by atoms with Crippen molar-refractivity contribution < 1.29 is 23.9 Å². The Bertz CT molecular complexity index is 2030. The van der Waals surface area contributed by atoms with Gasteiger partial charge in [0.05, 0.1) is 21.8 Å². The standard InChI is InChI=1S/C41H43N4O6/c1-5-40(3)34-28-30(44(46)47)20-22-36(34)42(24-26-50-32-14-9-7-10-15-32)38(40)18-13-19-39-41(4,6-2)35-29-31(45(48)49)21-23-37(35)43(39)25-27-51-33-16-11-8-12-17-33/h7-23,28-29H,5-6,24-27H2,1-4H3/q+1. The first-order valence-electron chi connectivity index (χ1n) is 17.4. The number of nitro groups is 2. The van der Waals surface area contributed by atoms with Gasteiger partial charge < -0.3 is 14.4 Å². The van der Waals surface area contributed by atoms with Crippen molar-refractivity contribution in [2.45, 2.75) is 51.4 Å². The molecule has 4 aromatic rings. The van der Waals surface area contributed by atoms with Crippen LogP contribution < -0.4 is 14.4 Å². The molecule has 51 heavy (non-hydrogen) atoms. The van der Waals surface area contributed by atoms with Gasteiger partial charge in [-0.15, -0.1) is 0 Å². The summed E-state index contributed by atoms with van der Waals surface area (Å²) in [6.07, 6.45) is 7.69. The van der Waals surface area contributed by atoms with E-state index in [2.05, 4.69) is 49.3 Å². The van der Waals surface area contributed by atoms with Gasteiger partial charge in [-0.1, -0.05) is 56.3 Å². The van der Waals surface area contributed by atoms with E-state index in [4.69, 9.17) is 9.47 Å². The van der Waals surface area contributed by atoms with E-state index in [1.54, 1.807) is 24.3 Å². The molecule has 0 saturated carbocycles. The molecule has 2 atom stereocenters. The highest BCUT2D eigenvalue weighted by molar-refractivity contribution is 6.03. The minimum atomic E-state index is -0.500. The molecule has 0 aromatic heterocycles. The molecule has 0 spiro atoms. The number of allylic oxidation sites excluding steroid dienone is 4. The van der Waals surface area contributed by atoms with E-state index < -0.39 is 10.8 Å². The van der Waals surface area contributed by atoms with Crippen LogP contribution in [0, 0.1) is 20.2 Å². The lowest BCUT2D eigenvalue weighted by atomic mass is 9.76. The minimum absolute atomic E-state index is 0.0612. The molecule has 0 aliphatic carbocycles. The molecule has 6 rings (SSSR count). The monoisotopic (exact) mass is 687 g/mol. The Morgan fingerprint density at radius 2 is 1.31 bits per heavy atom. The fraction of sp³-hybridized carbons (Fsp3) is 0.293. The zero-order chi connectivity index (χ0) is 36.2. The highest BCUT2D eigenvalue weighted by atomic mass is 16.6. The Hall–Kier alpha value is -5.77. The van der Waals surface area contributed by atoms with Crippen LogP contribution >= 0.6 is 0 Å². The van der Waals surface area contributed by atoms with Crippen molar-refractivity contribution in [1.82, 2.24) is 0 Å². The SMILES string of the molecule is CCC1(C)C(=CC=CC2=[N+](CCOc3ccccc3)c3ccc([N+](=O)[O-])cc3C2(C)CC)N(CCOc2ccccc2)c2ccc([N+](=O)[O-])cc21. The van der Waals surface area contributed by atoms with Crippen molar-refractivity contribution in [3.63, 3.8) is 0 Å². The average Bonchev–Trinajstić information content (AvgIpc) is 3.53. The molecule has 10 nitrogen and oxygen atoms in total. The Labute approximate surface area is 298 Å². The fourth-order valence-electron chi connectivity index (χ4n) is 7.31. The second-order valence-electron chi connectivity index (χ2n) is 13.2. The van der Waals surface area contributed by atoms with Crippen LogP contribution in [0.15, 0.2) is 121 Å². The van der Waals surface area contributed by atoms with E-state index in [1.165, 1.54) is 0 Å². The number of anilines is 1. The molecule has 4 aromatic carbocycles. The number of hydrogen-bond acceptors (Lipinski definition) is 7. The number of nitrogens with zero attached hydrogens (tertiary/aromatic N) is 4. The van der Waals surface area contributed by atoms with E-state index in [9.17, 15) is 20.2 Å². The maximum absolute atomic E-state index is 11.8. The molecule has 0 N–H and O–H groups in total. The zero-order valence-corrected chi connectivity index (χ0v) is 29.5.